The predicted molar refractivity (Wildman–Crippen MR) is 58.2 cm³/mol. The summed E-state index contributed by atoms with van der Waals surface area (Å²) < 4.78 is 0.968. The molecule has 0 bridgehead atoms. The molecule has 76 valence electrons. The van der Waals surface area contributed by atoms with Crippen molar-refractivity contribution in [3.05, 3.63) is 47.7 Å². The van der Waals surface area contributed by atoms with Gasteiger partial charge in [-0.05, 0) is 6.08 Å². The lowest BCUT2D eigenvalue weighted by molar-refractivity contribution is 0.101. The zero-order valence-corrected chi connectivity index (χ0v) is 8.48. The highest BCUT2D eigenvalue weighted by atomic mass is 35.5. The molecule has 0 saturated carbocycles. The number of hydrazine groups is 1. The van der Waals surface area contributed by atoms with Crippen molar-refractivity contribution in [2.45, 2.75) is 0 Å². The number of halogens is 1. The largest absolute Gasteiger partial charge is 0.287 e. The number of hydrogen-bond acceptors (Lipinski definition) is 4. The number of benzene rings is 1. The normalized spacial score (nSPS) is 14.5. The number of nitrogens with zero attached hydrogens (tertiary/aromatic N) is 2. The summed E-state index contributed by atoms with van der Waals surface area (Å²) >= 11 is 5.57. The van der Waals surface area contributed by atoms with E-state index in [0.717, 1.165) is 4.64 Å². The van der Waals surface area contributed by atoms with Crippen LogP contribution in [0.4, 0.5) is 0 Å². The Bertz CT molecular complexity index is 428. The average Bonchev–Trinajstić information content (AvgIpc) is 2.29. The molecule has 0 unspecified atom stereocenters. The van der Waals surface area contributed by atoms with Crippen molar-refractivity contribution < 1.29 is 4.79 Å². The molecular formula is C10H8ClN3O. The van der Waals surface area contributed by atoms with Gasteiger partial charge in [0.2, 0.25) is 5.78 Å². The summed E-state index contributed by atoms with van der Waals surface area (Å²) in [4.78, 5) is 11.9. The first-order valence-electron chi connectivity index (χ1n) is 4.34. The van der Waals surface area contributed by atoms with Gasteiger partial charge in [0.1, 0.15) is 5.70 Å². The van der Waals surface area contributed by atoms with Gasteiger partial charge in [-0.25, -0.2) is 0 Å². The molecule has 0 spiro atoms. The molecule has 5 heteroatoms. The zero-order valence-electron chi connectivity index (χ0n) is 7.72. The maximum absolute atomic E-state index is 11.9. The Labute approximate surface area is 91.9 Å². The van der Waals surface area contributed by atoms with E-state index in [4.69, 9.17) is 11.8 Å². The van der Waals surface area contributed by atoms with Gasteiger partial charge in [0.25, 0.3) is 0 Å². The van der Waals surface area contributed by atoms with E-state index in [0.29, 0.717) is 11.3 Å². The van der Waals surface area contributed by atoms with E-state index >= 15 is 0 Å². The summed E-state index contributed by atoms with van der Waals surface area (Å²) in [5, 5.41) is 3.69. The zero-order chi connectivity index (χ0) is 10.7. The highest BCUT2D eigenvalue weighted by Gasteiger charge is 2.14. The lowest BCUT2D eigenvalue weighted by Crippen LogP contribution is -2.31. The number of hydrogen-bond donors (Lipinski definition) is 1. The third-order valence-electron chi connectivity index (χ3n) is 1.90. The molecule has 1 aromatic rings. The highest BCUT2D eigenvalue weighted by molar-refractivity contribution is 6.15. The molecule has 1 N–H and O–H groups in total. The minimum absolute atomic E-state index is 0.118. The van der Waals surface area contributed by atoms with Crippen LogP contribution in [-0.2, 0) is 0 Å². The van der Waals surface area contributed by atoms with E-state index in [1.807, 2.05) is 18.2 Å². The van der Waals surface area contributed by atoms with Crippen molar-refractivity contribution in [1.29, 1.82) is 0 Å². The molecule has 1 aliphatic rings. The summed E-state index contributed by atoms with van der Waals surface area (Å²) in [5.74, 6) is -0.118. The number of ketones is 1. The lowest BCUT2D eigenvalue weighted by Gasteiger charge is -2.16. The van der Waals surface area contributed by atoms with E-state index in [1.54, 1.807) is 18.2 Å². The lowest BCUT2D eigenvalue weighted by atomic mass is 10.1. The molecular weight excluding hydrogens is 214 g/mol. The number of carbonyl (C=O) groups is 1. The van der Waals surface area contributed by atoms with Gasteiger partial charge in [-0.1, -0.05) is 30.3 Å². The Morgan fingerprint density at radius 1 is 1.33 bits per heavy atom. The molecule has 4 nitrogen and oxygen atoms in total. The minimum Gasteiger partial charge on any atom is -0.287 e. The predicted octanol–water partition coefficient (Wildman–Crippen LogP) is 1.71. The second-order valence-corrected chi connectivity index (χ2v) is 3.23. The van der Waals surface area contributed by atoms with E-state index in [1.165, 1.54) is 6.21 Å². The number of rotatable bonds is 2. The quantitative estimate of drug-likeness (QED) is 0.611. The summed E-state index contributed by atoms with van der Waals surface area (Å²) in [5.41, 5.74) is 3.63. The fourth-order valence-electron chi connectivity index (χ4n) is 1.20. The second-order valence-electron chi connectivity index (χ2n) is 2.91. The van der Waals surface area contributed by atoms with Gasteiger partial charge in [0, 0.05) is 5.56 Å². The number of hydrazone groups is 1. The Balaban J connectivity index is 2.23. The first-order valence-corrected chi connectivity index (χ1v) is 4.68. The topological polar surface area (TPSA) is 44.7 Å². The smallest absolute Gasteiger partial charge is 0.210 e. The molecule has 1 aromatic carbocycles. The maximum Gasteiger partial charge on any atom is 0.210 e. The van der Waals surface area contributed by atoms with Gasteiger partial charge in [-0.15, -0.1) is 9.74 Å². The van der Waals surface area contributed by atoms with E-state index < -0.39 is 0 Å². The van der Waals surface area contributed by atoms with Crippen molar-refractivity contribution in [2.75, 3.05) is 0 Å². The summed E-state index contributed by atoms with van der Waals surface area (Å²) in [6.45, 7) is 0. The Hall–Kier alpha value is -1.81. The van der Waals surface area contributed by atoms with Gasteiger partial charge >= 0.3 is 0 Å². The highest BCUT2D eigenvalue weighted by Crippen LogP contribution is 2.09. The van der Waals surface area contributed by atoms with Crippen molar-refractivity contribution in [3.63, 3.8) is 0 Å². The maximum atomic E-state index is 11.9. The molecule has 0 aromatic heterocycles. The van der Waals surface area contributed by atoms with Crippen LogP contribution < -0.4 is 5.43 Å². The Morgan fingerprint density at radius 2 is 2.07 bits per heavy atom. The molecule has 15 heavy (non-hydrogen) atoms. The van der Waals surface area contributed by atoms with Crippen LogP contribution in [0.5, 0.6) is 0 Å². The van der Waals surface area contributed by atoms with Crippen LogP contribution in [0.1, 0.15) is 10.4 Å². The number of nitrogens with one attached hydrogen (secondary N) is 1. The molecule has 0 atom stereocenters. The minimum atomic E-state index is -0.118. The van der Waals surface area contributed by atoms with E-state index in [-0.39, 0.29) is 5.78 Å². The van der Waals surface area contributed by atoms with Gasteiger partial charge in [0.15, 0.2) is 0 Å². The molecule has 0 radical (unpaired) electrons. The van der Waals surface area contributed by atoms with Crippen LogP contribution in [0.25, 0.3) is 0 Å². The fourth-order valence-corrected chi connectivity index (χ4v) is 1.34. The standard InChI is InChI=1S/C10H8ClN3O/c11-14-12-7-6-9(13-14)10(15)8-4-2-1-3-5-8/h1-7,13H. The van der Waals surface area contributed by atoms with Crippen LogP contribution in [0.3, 0.4) is 0 Å². The van der Waals surface area contributed by atoms with Gasteiger partial charge in [-0.3, -0.25) is 10.2 Å². The molecule has 0 fully saturated rings. The number of Topliss-reactive ketones (excluding diaryl/α,β-unsaturated/α-hetero) is 1. The fraction of sp³-hybridized carbons (Fsp3) is 0. The van der Waals surface area contributed by atoms with Crippen LogP contribution in [0.15, 0.2) is 47.2 Å². The van der Waals surface area contributed by atoms with Gasteiger partial charge in [-0.2, -0.15) is 0 Å². The Kier molecular flexibility index (Phi) is 2.69. The monoisotopic (exact) mass is 221 g/mol. The van der Waals surface area contributed by atoms with Crippen LogP contribution in [-0.4, -0.2) is 16.6 Å². The first-order chi connectivity index (χ1) is 7.27. The summed E-state index contributed by atoms with van der Waals surface area (Å²) in [7, 11) is 0. The molecule has 0 amide bonds. The molecule has 0 aliphatic carbocycles. The first kappa shape index (κ1) is 9.73. The van der Waals surface area contributed by atoms with Gasteiger partial charge in [0.05, 0.1) is 18.0 Å². The third kappa shape index (κ3) is 2.16. The van der Waals surface area contributed by atoms with E-state index in [9.17, 15) is 4.79 Å². The van der Waals surface area contributed by atoms with Crippen molar-refractivity contribution in [2.24, 2.45) is 5.10 Å². The third-order valence-corrected chi connectivity index (χ3v) is 2.07. The second kappa shape index (κ2) is 4.14. The molecule has 1 aliphatic heterocycles. The van der Waals surface area contributed by atoms with Crippen LogP contribution in [0.2, 0.25) is 0 Å². The van der Waals surface area contributed by atoms with Crippen molar-refractivity contribution >= 4 is 23.8 Å². The molecule has 0 saturated heterocycles. The van der Waals surface area contributed by atoms with Crippen LogP contribution in [0, 0.1) is 0 Å². The number of carbonyl (C=O) groups excluding carboxylic acids is 1. The SMILES string of the molecule is O=C(C1=CC=NN(Cl)N1)c1ccccc1. The molecule has 1 heterocycles. The Morgan fingerprint density at radius 3 is 2.73 bits per heavy atom. The van der Waals surface area contributed by atoms with E-state index in [2.05, 4.69) is 10.5 Å². The molecule has 2 rings (SSSR count). The summed E-state index contributed by atoms with van der Waals surface area (Å²) in [6.07, 6.45) is 3.04. The van der Waals surface area contributed by atoms with Crippen molar-refractivity contribution in [3.8, 4) is 0 Å². The summed E-state index contributed by atoms with van der Waals surface area (Å²) in [6, 6.07) is 8.96. The van der Waals surface area contributed by atoms with Crippen LogP contribution >= 0.6 is 11.8 Å². The van der Waals surface area contributed by atoms with Gasteiger partial charge < -0.3 is 0 Å². The average molecular weight is 222 g/mol. The number of allylic oxidation sites excluding steroid dienone is 2. The van der Waals surface area contributed by atoms with Crippen molar-refractivity contribution in [1.82, 2.24) is 10.1 Å².